The monoisotopic (exact) mass is 345 g/mol. The molecule has 0 atom stereocenters. The summed E-state index contributed by atoms with van der Waals surface area (Å²) in [6.45, 7) is 0.393. The minimum atomic E-state index is -0.467. The van der Waals surface area contributed by atoms with Crippen molar-refractivity contribution >= 4 is 44.5 Å². The highest BCUT2D eigenvalue weighted by Crippen LogP contribution is 2.25. The van der Waals surface area contributed by atoms with Crippen molar-refractivity contribution in [1.82, 2.24) is 0 Å². The van der Waals surface area contributed by atoms with Crippen molar-refractivity contribution in [1.29, 1.82) is 0 Å². The molecule has 0 amide bonds. The van der Waals surface area contributed by atoms with Crippen molar-refractivity contribution < 1.29 is 9.13 Å². The SMILES string of the molecule is NC(=S)c1ccc(OCc2sccc2Br)cc1F. The molecule has 2 aromatic rings. The maximum Gasteiger partial charge on any atom is 0.137 e. The molecule has 0 radical (unpaired) electrons. The van der Waals surface area contributed by atoms with Crippen molar-refractivity contribution in [2.45, 2.75) is 6.61 Å². The number of rotatable bonds is 4. The number of thiocarbonyl (C=S) groups is 1. The van der Waals surface area contributed by atoms with Crippen molar-refractivity contribution in [2.24, 2.45) is 5.73 Å². The molecule has 2 N–H and O–H groups in total. The number of thiophene rings is 1. The first-order chi connectivity index (χ1) is 8.58. The van der Waals surface area contributed by atoms with Gasteiger partial charge in [-0.15, -0.1) is 11.3 Å². The summed E-state index contributed by atoms with van der Waals surface area (Å²) < 4.78 is 20.1. The van der Waals surface area contributed by atoms with E-state index in [1.807, 2.05) is 11.4 Å². The van der Waals surface area contributed by atoms with Crippen LogP contribution in [0.25, 0.3) is 0 Å². The third-order valence-electron chi connectivity index (χ3n) is 2.27. The minimum absolute atomic E-state index is 0.0417. The Labute approximate surface area is 122 Å². The van der Waals surface area contributed by atoms with Crippen LogP contribution in [0.4, 0.5) is 4.39 Å². The summed E-state index contributed by atoms with van der Waals surface area (Å²) in [5.41, 5.74) is 5.61. The highest BCUT2D eigenvalue weighted by atomic mass is 79.9. The molecular formula is C12H9BrFNOS2. The number of nitrogens with two attached hydrogens (primary N) is 1. The van der Waals surface area contributed by atoms with Crippen LogP contribution in [-0.2, 0) is 6.61 Å². The Bertz CT molecular complexity index is 585. The number of hydrogen-bond donors (Lipinski definition) is 1. The second-order valence-corrected chi connectivity index (χ2v) is 5.78. The molecule has 1 aromatic carbocycles. The van der Waals surface area contributed by atoms with Crippen LogP contribution < -0.4 is 10.5 Å². The van der Waals surface area contributed by atoms with Gasteiger partial charge in [-0.05, 0) is 39.5 Å². The first kappa shape index (κ1) is 13.5. The van der Waals surface area contributed by atoms with Crippen LogP contribution in [0.3, 0.4) is 0 Å². The molecule has 0 aliphatic carbocycles. The number of ether oxygens (including phenoxy) is 1. The highest BCUT2D eigenvalue weighted by Gasteiger charge is 2.07. The molecule has 0 spiro atoms. The standard InChI is InChI=1S/C12H9BrFNOS2/c13-9-3-4-18-11(9)6-16-7-1-2-8(12(15)17)10(14)5-7/h1-5H,6H2,(H2,15,17). The zero-order valence-electron chi connectivity index (χ0n) is 9.15. The van der Waals surface area contributed by atoms with Crippen LogP contribution in [0.2, 0.25) is 0 Å². The van der Waals surface area contributed by atoms with E-state index in [9.17, 15) is 4.39 Å². The van der Waals surface area contributed by atoms with E-state index in [0.717, 1.165) is 9.35 Å². The quantitative estimate of drug-likeness (QED) is 0.854. The zero-order valence-corrected chi connectivity index (χ0v) is 12.4. The molecule has 0 saturated heterocycles. The maximum atomic E-state index is 13.6. The maximum absolute atomic E-state index is 13.6. The van der Waals surface area contributed by atoms with Gasteiger partial charge in [-0.3, -0.25) is 0 Å². The lowest BCUT2D eigenvalue weighted by molar-refractivity contribution is 0.307. The second-order valence-electron chi connectivity index (χ2n) is 3.49. The summed E-state index contributed by atoms with van der Waals surface area (Å²) in [6.07, 6.45) is 0. The Morgan fingerprint density at radius 3 is 2.78 bits per heavy atom. The summed E-state index contributed by atoms with van der Waals surface area (Å²) in [7, 11) is 0. The number of benzene rings is 1. The Morgan fingerprint density at radius 1 is 1.44 bits per heavy atom. The minimum Gasteiger partial charge on any atom is -0.488 e. The molecule has 2 rings (SSSR count). The van der Waals surface area contributed by atoms with Gasteiger partial charge < -0.3 is 10.5 Å². The van der Waals surface area contributed by atoms with E-state index in [-0.39, 0.29) is 10.6 Å². The van der Waals surface area contributed by atoms with Gasteiger partial charge in [-0.2, -0.15) is 0 Å². The fourth-order valence-electron chi connectivity index (χ4n) is 1.36. The molecule has 0 unspecified atom stereocenters. The molecular weight excluding hydrogens is 337 g/mol. The lowest BCUT2D eigenvalue weighted by atomic mass is 10.2. The molecule has 0 saturated carbocycles. The van der Waals surface area contributed by atoms with E-state index in [1.165, 1.54) is 12.1 Å². The molecule has 0 fully saturated rings. The van der Waals surface area contributed by atoms with Crippen molar-refractivity contribution in [3.8, 4) is 5.75 Å². The van der Waals surface area contributed by atoms with E-state index < -0.39 is 5.82 Å². The third kappa shape index (κ3) is 3.07. The zero-order chi connectivity index (χ0) is 13.1. The van der Waals surface area contributed by atoms with Gasteiger partial charge in [0.15, 0.2) is 0 Å². The van der Waals surface area contributed by atoms with Gasteiger partial charge in [0.05, 0.1) is 4.88 Å². The van der Waals surface area contributed by atoms with E-state index in [2.05, 4.69) is 15.9 Å². The normalized spacial score (nSPS) is 10.3. The van der Waals surface area contributed by atoms with Crippen LogP contribution in [0.1, 0.15) is 10.4 Å². The number of halogens is 2. The van der Waals surface area contributed by atoms with Gasteiger partial charge in [0.2, 0.25) is 0 Å². The van der Waals surface area contributed by atoms with Crippen molar-refractivity contribution in [2.75, 3.05) is 0 Å². The van der Waals surface area contributed by atoms with Gasteiger partial charge in [-0.1, -0.05) is 12.2 Å². The second kappa shape index (κ2) is 5.77. The highest BCUT2D eigenvalue weighted by molar-refractivity contribution is 9.10. The molecule has 6 heteroatoms. The van der Waals surface area contributed by atoms with E-state index in [4.69, 9.17) is 22.7 Å². The van der Waals surface area contributed by atoms with Gasteiger partial charge in [0.1, 0.15) is 23.2 Å². The molecule has 2 nitrogen and oxygen atoms in total. The van der Waals surface area contributed by atoms with Crippen LogP contribution in [0.15, 0.2) is 34.1 Å². The summed E-state index contributed by atoms with van der Waals surface area (Å²) in [5, 5.41) is 1.96. The molecule has 1 heterocycles. The van der Waals surface area contributed by atoms with Gasteiger partial charge in [0, 0.05) is 16.1 Å². The molecule has 0 aliphatic heterocycles. The van der Waals surface area contributed by atoms with E-state index in [1.54, 1.807) is 17.4 Å². The Hall–Kier alpha value is -0.980. The van der Waals surface area contributed by atoms with Gasteiger partial charge >= 0.3 is 0 Å². The largest absolute Gasteiger partial charge is 0.488 e. The van der Waals surface area contributed by atoms with Crippen molar-refractivity contribution in [3.63, 3.8) is 0 Å². The fraction of sp³-hybridized carbons (Fsp3) is 0.0833. The third-order valence-corrected chi connectivity index (χ3v) is 4.39. The summed E-state index contributed by atoms with van der Waals surface area (Å²) in [6, 6.07) is 6.41. The average molecular weight is 346 g/mol. The Kier molecular flexibility index (Phi) is 4.31. The average Bonchev–Trinajstić information content (AvgIpc) is 2.72. The molecule has 0 aliphatic rings. The predicted octanol–water partition coefficient (Wildman–Crippen LogP) is 3.86. The van der Waals surface area contributed by atoms with Gasteiger partial charge in [-0.25, -0.2) is 4.39 Å². The van der Waals surface area contributed by atoms with Crippen LogP contribution in [-0.4, -0.2) is 4.99 Å². The van der Waals surface area contributed by atoms with Crippen molar-refractivity contribution in [3.05, 3.63) is 50.4 Å². The molecule has 0 bridgehead atoms. The van der Waals surface area contributed by atoms with Crippen LogP contribution in [0, 0.1) is 5.82 Å². The van der Waals surface area contributed by atoms with Crippen LogP contribution in [0.5, 0.6) is 5.75 Å². The first-order valence-corrected chi connectivity index (χ1v) is 7.10. The predicted molar refractivity (Wildman–Crippen MR) is 78.6 cm³/mol. The first-order valence-electron chi connectivity index (χ1n) is 5.02. The summed E-state index contributed by atoms with van der Waals surface area (Å²) in [4.78, 5) is 1.09. The Balaban J connectivity index is 2.09. The summed E-state index contributed by atoms with van der Waals surface area (Å²) in [5.74, 6) is -0.0157. The lowest BCUT2D eigenvalue weighted by Gasteiger charge is -2.07. The Morgan fingerprint density at radius 2 is 2.22 bits per heavy atom. The molecule has 94 valence electrons. The van der Waals surface area contributed by atoms with Gasteiger partial charge in [0.25, 0.3) is 0 Å². The van der Waals surface area contributed by atoms with E-state index >= 15 is 0 Å². The summed E-state index contributed by atoms with van der Waals surface area (Å²) >= 11 is 9.71. The van der Waals surface area contributed by atoms with E-state index in [0.29, 0.717) is 12.4 Å². The lowest BCUT2D eigenvalue weighted by Crippen LogP contribution is -2.11. The topological polar surface area (TPSA) is 35.2 Å². The molecule has 18 heavy (non-hydrogen) atoms. The molecule has 1 aromatic heterocycles. The fourth-order valence-corrected chi connectivity index (χ4v) is 2.91. The van der Waals surface area contributed by atoms with Crippen LogP contribution >= 0.6 is 39.5 Å². The smallest absolute Gasteiger partial charge is 0.137 e. The number of hydrogen-bond acceptors (Lipinski definition) is 3.